The lowest BCUT2D eigenvalue weighted by molar-refractivity contribution is 0.148. The standard InChI is InChI=1S/C11H12F2O2/c1-15-9-3-2-8(12)10(13)7(9)6-11(14)4-5-11/h2-3,14H,4-6H2,1H3. The average Bonchev–Trinajstić information content (AvgIpc) is 2.92. The minimum atomic E-state index is -0.922. The summed E-state index contributed by atoms with van der Waals surface area (Å²) in [7, 11) is 1.40. The smallest absolute Gasteiger partial charge is 0.165 e. The van der Waals surface area contributed by atoms with Gasteiger partial charge in [0.15, 0.2) is 11.6 Å². The van der Waals surface area contributed by atoms with Gasteiger partial charge in [0.25, 0.3) is 0 Å². The molecule has 0 aliphatic heterocycles. The van der Waals surface area contributed by atoms with Crippen LogP contribution < -0.4 is 4.74 Å². The summed E-state index contributed by atoms with van der Waals surface area (Å²) in [6, 6.07) is 2.40. The van der Waals surface area contributed by atoms with Gasteiger partial charge in [0.05, 0.1) is 12.7 Å². The Bertz CT molecular complexity index is 386. The molecule has 1 saturated carbocycles. The summed E-state index contributed by atoms with van der Waals surface area (Å²) >= 11 is 0. The van der Waals surface area contributed by atoms with Crippen LogP contribution in [0, 0.1) is 11.6 Å². The van der Waals surface area contributed by atoms with E-state index in [9.17, 15) is 13.9 Å². The Morgan fingerprint density at radius 1 is 1.40 bits per heavy atom. The number of ether oxygens (including phenoxy) is 1. The van der Waals surface area contributed by atoms with Crippen LogP contribution in [0.25, 0.3) is 0 Å². The maximum absolute atomic E-state index is 13.4. The Morgan fingerprint density at radius 2 is 2.07 bits per heavy atom. The highest BCUT2D eigenvalue weighted by molar-refractivity contribution is 5.37. The van der Waals surface area contributed by atoms with Crippen LogP contribution in [0.15, 0.2) is 12.1 Å². The molecule has 0 aromatic heterocycles. The second-order valence-electron chi connectivity index (χ2n) is 3.94. The molecule has 0 heterocycles. The van der Waals surface area contributed by atoms with Crippen LogP contribution in [0.5, 0.6) is 5.75 Å². The summed E-state index contributed by atoms with van der Waals surface area (Å²) in [6.07, 6.45) is 1.37. The molecule has 2 nitrogen and oxygen atoms in total. The predicted molar refractivity (Wildman–Crippen MR) is 50.8 cm³/mol. The van der Waals surface area contributed by atoms with Crippen LogP contribution >= 0.6 is 0 Å². The third-order valence-corrected chi connectivity index (χ3v) is 2.71. The molecule has 0 amide bonds. The van der Waals surface area contributed by atoms with Crippen molar-refractivity contribution in [3.05, 3.63) is 29.3 Å². The summed E-state index contributed by atoms with van der Waals surface area (Å²) in [6.45, 7) is 0. The Balaban J connectivity index is 2.37. The SMILES string of the molecule is COc1ccc(F)c(F)c1CC1(O)CC1. The quantitative estimate of drug-likeness (QED) is 0.834. The lowest BCUT2D eigenvalue weighted by Gasteiger charge is -2.13. The van der Waals surface area contributed by atoms with E-state index < -0.39 is 17.2 Å². The zero-order chi connectivity index (χ0) is 11.1. The number of rotatable bonds is 3. The maximum Gasteiger partial charge on any atom is 0.165 e. The van der Waals surface area contributed by atoms with Crippen LogP contribution in [-0.2, 0) is 6.42 Å². The minimum absolute atomic E-state index is 0.111. The number of hydrogen-bond donors (Lipinski definition) is 1. The molecule has 0 radical (unpaired) electrons. The van der Waals surface area contributed by atoms with Crippen LogP contribution in [0.4, 0.5) is 8.78 Å². The summed E-state index contributed by atoms with van der Waals surface area (Å²) in [5.41, 5.74) is -0.737. The second-order valence-corrected chi connectivity index (χ2v) is 3.94. The van der Waals surface area contributed by atoms with Gasteiger partial charge in [-0.1, -0.05) is 0 Å². The first-order valence-corrected chi connectivity index (χ1v) is 4.79. The van der Waals surface area contributed by atoms with Gasteiger partial charge >= 0.3 is 0 Å². The molecular weight excluding hydrogens is 202 g/mol. The van der Waals surface area contributed by atoms with Crippen molar-refractivity contribution >= 4 is 0 Å². The number of methoxy groups -OCH3 is 1. The van der Waals surface area contributed by atoms with Crippen LogP contribution in [0.2, 0.25) is 0 Å². The largest absolute Gasteiger partial charge is 0.496 e. The lowest BCUT2D eigenvalue weighted by Crippen LogP contribution is -2.13. The van der Waals surface area contributed by atoms with Gasteiger partial charge in [-0.25, -0.2) is 8.78 Å². The molecule has 15 heavy (non-hydrogen) atoms. The monoisotopic (exact) mass is 214 g/mol. The predicted octanol–water partition coefficient (Wildman–Crippen LogP) is 2.04. The number of halogens is 2. The normalized spacial score (nSPS) is 17.6. The number of aliphatic hydroxyl groups is 1. The Morgan fingerprint density at radius 3 is 2.60 bits per heavy atom. The Kier molecular flexibility index (Phi) is 2.38. The van der Waals surface area contributed by atoms with Gasteiger partial charge in [0, 0.05) is 12.0 Å². The van der Waals surface area contributed by atoms with Crippen LogP contribution in [0.3, 0.4) is 0 Å². The topological polar surface area (TPSA) is 29.5 Å². The molecule has 0 spiro atoms. The van der Waals surface area contributed by atoms with E-state index in [1.165, 1.54) is 13.2 Å². The van der Waals surface area contributed by atoms with Crippen molar-refractivity contribution in [1.82, 2.24) is 0 Å². The molecule has 0 atom stereocenters. The molecule has 2 rings (SSSR count). The third-order valence-electron chi connectivity index (χ3n) is 2.71. The molecule has 1 N–H and O–H groups in total. The molecule has 1 aromatic carbocycles. The van der Waals surface area contributed by atoms with E-state index in [1.807, 2.05) is 0 Å². The summed E-state index contributed by atoms with van der Waals surface area (Å²) in [5.74, 6) is -1.54. The highest BCUT2D eigenvalue weighted by Crippen LogP contribution is 2.41. The van der Waals surface area contributed by atoms with Crippen molar-refractivity contribution < 1.29 is 18.6 Å². The fraction of sp³-hybridized carbons (Fsp3) is 0.455. The van der Waals surface area contributed by atoms with Gasteiger partial charge in [-0.2, -0.15) is 0 Å². The molecule has 1 aliphatic rings. The second kappa shape index (κ2) is 3.45. The molecule has 1 aromatic rings. The Hall–Kier alpha value is -1.16. The van der Waals surface area contributed by atoms with Crippen molar-refractivity contribution in [1.29, 1.82) is 0 Å². The fourth-order valence-corrected chi connectivity index (χ4v) is 1.58. The average molecular weight is 214 g/mol. The van der Waals surface area contributed by atoms with E-state index in [2.05, 4.69) is 0 Å². The Labute approximate surface area is 86.5 Å². The minimum Gasteiger partial charge on any atom is -0.496 e. The third kappa shape index (κ3) is 1.95. The molecule has 0 unspecified atom stereocenters. The van der Waals surface area contributed by atoms with Crippen LogP contribution in [0.1, 0.15) is 18.4 Å². The first kappa shape index (κ1) is 10.4. The van der Waals surface area contributed by atoms with Crippen LogP contribution in [-0.4, -0.2) is 17.8 Å². The van der Waals surface area contributed by atoms with Gasteiger partial charge in [-0.3, -0.25) is 0 Å². The summed E-state index contributed by atoms with van der Waals surface area (Å²) in [4.78, 5) is 0. The molecule has 1 aliphatic carbocycles. The lowest BCUT2D eigenvalue weighted by atomic mass is 10.0. The van der Waals surface area contributed by atoms with Crippen molar-refractivity contribution in [3.63, 3.8) is 0 Å². The number of benzene rings is 1. The van der Waals surface area contributed by atoms with Crippen molar-refractivity contribution in [3.8, 4) is 5.75 Å². The van der Waals surface area contributed by atoms with E-state index in [0.717, 1.165) is 6.07 Å². The van der Waals surface area contributed by atoms with Gasteiger partial charge in [-0.05, 0) is 25.0 Å². The fourth-order valence-electron chi connectivity index (χ4n) is 1.58. The maximum atomic E-state index is 13.4. The first-order chi connectivity index (χ1) is 7.06. The van der Waals surface area contributed by atoms with E-state index in [-0.39, 0.29) is 17.7 Å². The van der Waals surface area contributed by atoms with Crippen molar-refractivity contribution in [2.24, 2.45) is 0 Å². The van der Waals surface area contributed by atoms with Gasteiger partial charge in [-0.15, -0.1) is 0 Å². The molecule has 82 valence electrons. The van der Waals surface area contributed by atoms with Crippen molar-refractivity contribution in [2.75, 3.05) is 7.11 Å². The summed E-state index contributed by atoms with van der Waals surface area (Å²) in [5, 5.41) is 9.67. The summed E-state index contributed by atoms with van der Waals surface area (Å²) < 4.78 is 31.4. The molecular formula is C11H12F2O2. The molecule has 0 saturated heterocycles. The molecule has 1 fully saturated rings. The van der Waals surface area contributed by atoms with Gasteiger partial charge in [0.1, 0.15) is 5.75 Å². The van der Waals surface area contributed by atoms with E-state index in [4.69, 9.17) is 4.74 Å². The van der Waals surface area contributed by atoms with E-state index in [1.54, 1.807) is 0 Å². The highest BCUT2D eigenvalue weighted by atomic mass is 19.2. The van der Waals surface area contributed by atoms with Gasteiger partial charge in [0.2, 0.25) is 0 Å². The zero-order valence-corrected chi connectivity index (χ0v) is 8.39. The van der Waals surface area contributed by atoms with Crippen molar-refractivity contribution in [2.45, 2.75) is 24.9 Å². The molecule has 0 bridgehead atoms. The highest BCUT2D eigenvalue weighted by Gasteiger charge is 2.41. The van der Waals surface area contributed by atoms with Gasteiger partial charge < -0.3 is 9.84 Å². The number of hydrogen-bond acceptors (Lipinski definition) is 2. The zero-order valence-electron chi connectivity index (χ0n) is 8.39. The van der Waals surface area contributed by atoms with E-state index >= 15 is 0 Å². The first-order valence-electron chi connectivity index (χ1n) is 4.79. The molecule has 4 heteroatoms. The van der Waals surface area contributed by atoms with E-state index in [0.29, 0.717) is 12.8 Å².